The summed E-state index contributed by atoms with van der Waals surface area (Å²) in [4.78, 5) is 18.1. The van der Waals surface area contributed by atoms with Crippen molar-refractivity contribution in [1.29, 1.82) is 0 Å². The Balaban J connectivity index is 1.90. The molecule has 2 rings (SSSR count). The van der Waals surface area contributed by atoms with Crippen LogP contribution in [0.25, 0.3) is 0 Å². The molecule has 2 heterocycles. The lowest BCUT2D eigenvalue weighted by Crippen LogP contribution is -2.51. The molecule has 1 aromatic heterocycles. The highest BCUT2D eigenvalue weighted by molar-refractivity contribution is 7.09. The van der Waals surface area contributed by atoms with Crippen LogP contribution in [-0.2, 0) is 16.1 Å². The number of amides is 1. The van der Waals surface area contributed by atoms with Crippen molar-refractivity contribution < 1.29 is 9.53 Å². The topological polar surface area (TPSA) is 54.5 Å². The highest BCUT2D eigenvalue weighted by Gasteiger charge is 2.24. The zero-order chi connectivity index (χ0) is 12.3. The Morgan fingerprint density at radius 1 is 1.76 bits per heavy atom. The van der Waals surface area contributed by atoms with E-state index in [0.717, 1.165) is 17.2 Å². The van der Waals surface area contributed by atoms with Crippen LogP contribution >= 0.6 is 11.3 Å². The summed E-state index contributed by atoms with van der Waals surface area (Å²) in [6.07, 6.45) is 0. The van der Waals surface area contributed by atoms with E-state index in [2.05, 4.69) is 10.3 Å². The maximum absolute atomic E-state index is 12.1. The van der Waals surface area contributed by atoms with Gasteiger partial charge in [0.2, 0.25) is 5.91 Å². The molecule has 94 valence electrons. The number of hydrogen-bond acceptors (Lipinski definition) is 5. The Labute approximate surface area is 105 Å². The molecule has 17 heavy (non-hydrogen) atoms. The van der Waals surface area contributed by atoms with Crippen LogP contribution in [0.2, 0.25) is 0 Å². The maximum Gasteiger partial charge on any atom is 0.242 e. The molecule has 1 amide bonds. The molecule has 1 aliphatic rings. The second-order valence-electron chi connectivity index (χ2n) is 4.13. The largest absolute Gasteiger partial charge is 0.378 e. The Morgan fingerprint density at radius 2 is 2.59 bits per heavy atom. The Bertz CT molecular complexity index is 388. The predicted octanol–water partition coefficient (Wildman–Crippen LogP) is 0.398. The van der Waals surface area contributed by atoms with Crippen LogP contribution in [0.3, 0.4) is 0 Å². The molecule has 0 aromatic carbocycles. The number of nitrogens with one attached hydrogen (secondary N) is 1. The average molecular weight is 255 g/mol. The molecule has 0 saturated carbocycles. The van der Waals surface area contributed by atoms with E-state index in [4.69, 9.17) is 4.74 Å². The van der Waals surface area contributed by atoms with Gasteiger partial charge in [0.25, 0.3) is 0 Å². The molecular weight excluding hydrogens is 238 g/mol. The van der Waals surface area contributed by atoms with Crippen molar-refractivity contribution in [3.63, 3.8) is 0 Å². The van der Waals surface area contributed by atoms with Gasteiger partial charge in [-0.1, -0.05) is 0 Å². The summed E-state index contributed by atoms with van der Waals surface area (Å²) in [5.74, 6) is 0.0651. The number of nitrogens with zero attached hydrogens (tertiary/aromatic N) is 2. The van der Waals surface area contributed by atoms with Gasteiger partial charge >= 0.3 is 0 Å². The number of likely N-dealkylation sites (N-methyl/N-ethyl adjacent to an activating group) is 1. The fourth-order valence-electron chi connectivity index (χ4n) is 1.79. The lowest BCUT2D eigenvalue weighted by Gasteiger charge is -2.27. The standard InChI is InChI=1S/C11H17N3O2S/c1-8-13-9(7-17-8)5-14(2)11(15)10-6-16-4-3-12-10/h7,10,12H,3-6H2,1-2H3. The van der Waals surface area contributed by atoms with Crippen LogP contribution in [0.5, 0.6) is 0 Å². The fourth-order valence-corrected chi connectivity index (χ4v) is 2.40. The molecule has 1 saturated heterocycles. The lowest BCUT2D eigenvalue weighted by molar-refractivity contribution is -0.135. The van der Waals surface area contributed by atoms with E-state index in [1.54, 1.807) is 23.3 Å². The van der Waals surface area contributed by atoms with Crippen molar-refractivity contribution in [2.75, 3.05) is 26.8 Å². The summed E-state index contributed by atoms with van der Waals surface area (Å²) >= 11 is 1.60. The summed E-state index contributed by atoms with van der Waals surface area (Å²) in [5, 5.41) is 6.17. The molecule has 0 bridgehead atoms. The zero-order valence-corrected chi connectivity index (χ0v) is 10.9. The summed E-state index contributed by atoms with van der Waals surface area (Å²) in [5.41, 5.74) is 0.945. The van der Waals surface area contributed by atoms with Crippen molar-refractivity contribution >= 4 is 17.2 Å². The molecule has 1 aliphatic heterocycles. The first kappa shape index (κ1) is 12.5. The molecule has 1 atom stereocenters. The molecule has 1 fully saturated rings. The normalized spacial score (nSPS) is 20.2. The summed E-state index contributed by atoms with van der Waals surface area (Å²) in [7, 11) is 1.80. The van der Waals surface area contributed by atoms with E-state index >= 15 is 0 Å². The highest BCUT2D eigenvalue weighted by Crippen LogP contribution is 2.10. The number of aryl methyl sites for hydroxylation is 1. The SMILES string of the molecule is Cc1nc(CN(C)C(=O)C2COCCN2)cs1. The third-order valence-electron chi connectivity index (χ3n) is 2.66. The summed E-state index contributed by atoms with van der Waals surface area (Å²) in [6, 6.07) is -0.214. The monoisotopic (exact) mass is 255 g/mol. The van der Waals surface area contributed by atoms with E-state index in [9.17, 15) is 4.79 Å². The van der Waals surface area contributed by atoms with Gasteiger partial charge in [-0.05, 0) is 6.92 Å². The number of thiazole rings is 1. The Morgan fingerprint density at radius 3 is 3.18 bits per heavy atom. The number of morpholine rings is 1. The number of aromatic nitrogens is 1. The van der Waals surface area contributed by atoms with Gasteiger partial charge in [-0.3, -0.25) is 4.79 Å². The Hall–Kier alpha value is -0.980. The minimum absolute atomic E-state index is 0.0651. The zero-order valence-electron chi connectivity index (χ0n) is 10.1. The maximum atomic E-state index is 12.1. The second-order valence-corrected chi connectivity index (χ2v) is 5.20. The van der Waals surface area contributed by atoms with Crippen LogP contribution < -0.4 is 5.32 Å². The lowest BCUT2D eigenvalue weighted by atomic mass is 10.2. The van der Waals surface area contributed by atoms with Crippen molar-refractivity contribution in [3.05, 3.63) is 16.1 Å². The van der Waals surface area contributed by atoms with Crippen molar-refractivity contribution in [2.45, 2.75) is 19.5 Å². The third-order valence-corrected chi connectivity index (χ3v) is 3.48. The van der Waals surface area contributed by atoms with Gasteiger partial charge in [0.1, 0.15) is 6.04 Å². The summed E-state index contributed by atoms with van der Waals surface area (Å²) in [6.45, 7) is 4.39. The predicted molar refractivity (Wildman–Crippen MR) is 65.9 cm³/mol. The van der Waals surface area contributed by atoms with Gasteiger partial charge in [-0.25, -0.2) is 4.98 Å². The molecule has 1 aromatic rings. The van der Waals surface area contributed by atoms with Crippen LogP contribution in [0.4, 0.5) is 0 Å². The molecule has 5 nitrogen and oxygen atoms in total. The van der Waals surface area contributed by atoms with Gasteiger partial charge < -0.3 is 15.0 Å². The number of ether oxygens (including phenoxy) is 1. The van der Waals surface area contributed by atoms with Crippen molar-refractivity contribution in [1.82, 2.24) is 15.2 Å². The van der Waals surface area contributed by atoms with Gasteiger partial charge in [-0.2, -0.15) is 0 Å². The van der Waals surface area contributed by atoms with E-state index in [-0.39, 0.29) is 11.9 Å². The van der Waals surface area contributed by atoms with Crippen LogP contribution in [0.15, 0.2) is 5.38 Å². The first-order valence-electron chi connectivity index (χ1n) is 5.64. The van der Waals surface area contributed by atoms with E-state index in [1.165, 1.54) is 0 Å². The minimum Gasteiger partial charge on any atom is -0.378 e. The van der Waals surface area contributed by atoms with Gasteiger partial charge in [0.15, 0.2) is 0 Å². The van der Waals surface area contributed by atoms with Crippen LogP contribution in [0, 0.1) is 6.92 Å². The second kappa shape index (κ2) is 5.57. The molecule has 1 unspecified atom stereocenters. The number of carbonyl (C=O) groups excluding carboxylic acids is 1. The minimum atomic E-state index is -0.214. The molecular formula is C11H17N3O2S. The fraction of sp³-hybridized carbons (Fsp3) is 0.636. The smallest absolute Gasteiger partial charge is 0.242 e. The quantitative estimate of drug-likeness (QED) is 0.849. The van der Waals surface area contributed by atoms with Crippen molar-refractivity contribution in [3.8, 4) is 0 Å². The molecule has 0 spiro atoms. The van der Waals surface area contributed by atoms with Crippen LogP contribution in [0.1, 0.15) is 10.7 Å². The first-order valence-corrected chi connectivity index (χ1v) is 6.52. The van der Waals surface area contributed by atoms with Crippen LogP contribution in [-0.4, -0.2) is 48.6 Å². The Kier molecular flexibility index (Phi) is 4.09. The molecule has 0 aliphatic carbocycles. The van der Waals surface area contributed by atoms with E-state index in [0.29, 0.717) is 19.8 Å². The first-order chi connectivity index (χ1) is 8.16. The molecule has 0 radical (unpaired) electrons. The van der Waals surface area contributed by atoms with E-state index < -0.39 is 0 Å². The van der Waals surface area contributed by atoms with E-state index in [1.807, 2.05) is 12.3 Å². The number of rotatable bonds is 3. The molecule has 1 N–H and O–H groups in total. The average Bonchev–Trinajstić information content (AvgIpc) is 2.75. The summed E-state index contributed by atoms with van der Waals surface area (Å²) < 4.78 is 5.28. The highest BCUT2D eigenvalue weighted by atomic mass is 32.1. The third kappa shape index (κ3) is 3.24. The number of carbonyl (C=O) groups is 1. The van der Waals surface area contributed by atoms with Gasteiger partial charge in [0, 0.05) is 19.0 Å². The van der Waals surface area contributed by atoms with Gasteiger partial charge in [0.05, 0.1) is 30.5 Å². The van der Waals surface area contributed by atoms with Crippen molar-refractivity contribution in [2.24, 2.45) is 0 Å². The number of hydrogen-bond donors (Lipinski definition) is 1. The molecule has 6 heteroatoms. The van der Waals surface area contributed by atoms with Gasteiger partial charge in [-0.15, -0.1) is 11.3 Å².